The molecule has 0 fully saturated rings. The van der Waals surface area contributed by atoms with E-state index in [1.807, 2.05) is 4.90 Å². The molecular weight excluding hydrogens is 304 g/mol. The van der Waals surface area contributed by atoms with Crippen LogP contribution in [0.25, 0.3) is 11.1 Å². The minimum atomic E-state index is 0.101. The molecule has 0 spiro atoms. The Hall–Kier alpha value is -1.94. The SMILES string of the molecule is CSc1ccc(-c2ccc3c(c2)N(C)CC(C)N3C(C)=O)cc1. The van der Waals surface area contributed by atoms with Crippen molar-refractivity contribution in [2.24, 2.45) is 0 Å². The Labute approximate surface area is 142 Å². The Morgan fingerprint density at radius 1 is 1.09 bits per heavy atom. The molecule has 3 rings (SSSR count). The first-order valence-electron chi connectivity index (χ1n) is 7.80. The first-order chi connectivity index (χ1) is 11.0. The van der Waals surface area contributed by atoms with Gasteiger partial charge in [0.05, 0.1) is 17.4 Å². The van der Waals surface area contributed by atoms with Crippen LogP contribution in [0.2, 0.25) is 0 Å². The molecular formula is C19H22N2OS. The van der Waals surface area contributed by atoms with E-state index < -0.39 is 0 Å². The molecule has 0 N–H and O–H groups in total. The van der Waals surface area contributed by atoms with E-state index in [9.17, 15) is 4.79 Å². The summed E-state index contributed by atoms with van der Waals surface area (Å²) in [6.45, 7) is 4.58. The third kappa shape index (κ3) is 2.95. The summed E-state index contributed by atoms with van der Waals surface area (Å²) in [4.78, 5) is 17.4. The van der Waals surface area contributed by atoms with Gasteiger partial charge in [0, 0.05) is 25.4 Å². The molecule has 0 saturated heterocycles. The van der Waals surface area contributed by atoms with Gasteiger partial charge in [-0.3, -0.25) is 4.79 Å². The quantitative estimate of drug-likeness (QED) is 0.770. The molecule has 1 aliphatic heterocycles. The summed E-state index contributed by atoms with van der Waals surface area (Å²) in [5.74, 6) is 0.101. The van der Waals surface area contributed by atoms with Gasteiger partial charge in [-0.1, -0.05) is 18.2 Å². The molecule has 0 radical (unpaired) electrons. The van der Waals surface area contributed by atoms with Crippen LogP contribution in [0.5, 0.6) is 0 Å². The van der Waals surface area contributed by atoms with Gasteiger partial charge < -0.3 is 9.80 Å². The van der Waals surface area contributed by atoms with Crippen molar-refractivity contribution in [1.82, 2.24) is 0 Å². The first-order valence-corrected chi connectivity index (χ1v) is 9.03. The van der Waals surface area contributed by atoms with Gasteiger partial charge in [-0.05, 0) is 48.6 Å². The molecule has 2 aromatic rings. The lowest BCUT2D eigenvalue weighted by molar-refractivity contribution is -0.117. The van der Waals surface area contributed by atoms with Gasteiger partial charge in [-0.2, -0.15) is 0 Å². The molecule has 2 aromatic carbocycles. The summed E-state index contributed by atoms with van der Waals surface area (Å²) in [5, 5.41) is 0. The molecule has 3 nitrogen and oxygen atoms in total. The summed E-state index contributed by atoms with van der Waals surface area (Å²) >= 11 is 1.75. The van der Waals surface area contributed by atoms with Gasteiger partial charge in [0.1, 0.15) is 0 Å². The van der Waals surface area contributed by atoms with Gasteiger partial charge in [0.2, 0.25) is 5.91 Å². The van der Waals surface area contributed by atoms with Crippen LogP contribution in [0.1, 0.15) is 13.8 Å². The van der Waals surface area contributed by atoms with Gasteiger partial charge in [0.15, 0.2) is 0 Å². The smallest absolute Gasteiger partial charge is 0.224 e. The molecule has 0 bridgehead atoms. The standard InChI is InChI=1S/C19H22N2OS/c1-13-12-20(3)19-11-16(7-10-18(19)21(13)14(2)22)15-5-8-17(23-4)9-6-15/h5-11,13H,12H2,1-4H3. The number of benzene rings is 2. The topological polar surface area (TPSA) is 23.6 Å². The highest BCUT2D eigenvalue weighted by Crippen LogP contribution is 2.38. The number of nitrogens with zero attached hydrogens (tertiary/aromatic N) is 2. The van der Waals surface area contributed by atoms with Crippen molar-refractivity contribution in [2.45, 2.75) is 24.8 Å². The van der Waals surface area contributed by atoms with E-state index in [0.29, 0.717) is 0 Å². The number of amides is 1. The summed E-state index contributed by atoms with van der Waals surface area (Å²) in [6, 6.07) is 15.2. The minimum Gasteiger partial charge on any atom is -0.371 e. The van der Waals surface area contributed by atoms with Crippen molar-refractivity contribution in [3.05, 3.63) is 42.5 Å². The summed E-state index contributed by atoms with van der Waals surface area (Å²) in [5.41, 5.74) is 4.50. The number of fused-ring (bicyclic) bond motifs is 1. The van der Waals surface area contributed by atoms with E-state index >= 15 is 0 Å². The van der Waals surface area contributed by atoms with Crippen LogP contribution in [0.3, 0.4) is 0 Å². The van der Waals surface area contributed by atoms with Crippen LogP contribution >= 0.6 is 11.8 Å². The zero-order valence-corrected chi connectivity index (χ0v) is 14.9. The predicted molar refractivity (Wildman–Crippen MR) is 99.6 cm³/mol. The highest BCUT2D eigenvalue weighted by molar-refractivity contribution is 7.98. The maximum absolute atomic E-state index is 12.0. The number of anilines is 2. The number of hydrogen-bond donors (Lipinski definition) is 0. The fourth-order valence-electron chi connectivity index (χ4n) is 3.29. The molecule has 1 aliphatic rings. The van der Waals surface area contributed by atoms with Crippen LogP contribution in [-0.4, -0.2) is 31.8 Å². The average Bonchev–Trinajstić information content (AvgIpc) is 2.54. The second kappa shape index (κ2) is 6.28. The number of carbonyl (C=O) groups excluding carboxylic acids is 1. The minimum absolute atomic E-state index is 0.101. The molecule has 1 amide bonds. The summed E-state index contributed by atoms with van der Waals surface area (Å²) < 4.78 is 0. The fraction of sp³-hybridized carbons (Fsp3) is 0.316. The number of thioether (sulfide) groups is 1. The number of hydrogen-bond acceptors (Lipinski definition) is 3. The van der Waals surface area contributed by atoms with Crippen molar-refractivity contribution in [3.8, 4) is 11.1 Å². The molecule has 0 saturated carbocycles. The zero-order chi connectivity index (χ0) is 16.6. The number of rotatable bonds is 2. The molecule has 120 valence electrons. The molecule has 4 heteroatoms. The molecule has 0 aromatic heterocycles. The predicted octanol–water partition coefficient (Wildman–Crippen LogP) is 4.27. The van der Waals surface area contributed by atoms with E-state index in [1.165, 1.54) is 16.0 Å². The maximum Gasteiger partial charge on any atom is 0.224 e. The molecule has 1 unspecified atom stereocenters. The van der Waals surface area contributed by atoms with Crippen molar-refractivity contribution in [1.29, 1.82) is 0 Å². The number of carbonyl (C=O) groups is 1. The third-order valence-electron chi connectivity index (χ3n) is 4.39. The van der Waals surface area contributed by atoms with Crippen LogP contribution in [0.4, 0.5) is 11.4 Å². The third-order valence-corrected chi connectivity index (χ3v) is 5.13. The molecule has 1 atom stereocenters. The van der Waals surface area contributed by atoms with Crippen molar-refractivity contribution < 1.29 is 4.79 Å². The lowest BCUT2D eigenvalue weighted by Gasteiger charge is -2.40. The van der Waals surface area contributed by atoms with Gasteiger partial charge in [0.25, 0.3) is 0 Å². The molecule has 1 heterocycles. The maximum atomic E-state index is 12.0. The molecule has 0 aliphatic carbocycles. The van der Waals surface area contributed by atoms with Crippen LogP contribution < -0.4 is 9.80 Å². The van der Waals surface area contributed by atoms with Crippen molar-refractivity contribution >= 4 is 29.0 Å². The van der Waals surface area contributed by atoms with Crippen molar-refractivity contribution in [2.75, 3.05) is 29.6 Å². The normalized spacial score (nSPS) is 17.1. The van der Waals surface area contributed by atoms with Gasteiger partial charge >= 0.3 is 0 Å². The Balaban J connectivity index is 2.03. The highest BCUT2D eigenvalue weighted by Gasteiger charge is 2.29. The second-order valence-electron chi connectivity index (χ2n) is 6.05. The first kappa shape index (κ1) is 15.9. The highest BCUT2D eigenvalue weighted by atomic mass is 32.2. The fourth-order valence-corrected chi connectivity index (χ4v) is 3.70. The zero-order valence-electron chi connectivity index (χ0n) is 14.0. The van der Waals surface area contributed by atoms with Gasteiger partial charge in [-0.25, -0.2) is 0 Å². The van der Waals surface area contributed by atoms with Crippen molar-refractivity contribution in [3.63, 3.8) is 0 Å². The lowest BCUT2D eigenvalue weighted by Crippen LogP contribution is -2.48. The monoisotopic (exact) mass is 326 g/mol. The Kier molecular flexibility index (Phi) is 4.35. The Bertz CT molecular complexity index is 727. The summed E-state index contributed by atoms with van der Waals surface area (Å²) in [6.07, 6.45) is 2.08. The molecule has 23 heavy (non-hydrogen) atoms. The lowest BCUT2D eigenvalue weighted by atomic mass is 10.0. The second-order valence-corrected chi connectivity index (χ2v) is 6.93. The average molecular weight is 326 g/mol. The van der Waals surface area contributed by atoms with E-state index in [2.05, 4.69) is 67.6 Å². The van der Waals surface area contributed by atoms with Crippen LogP contribution in [0, 0.1) is 0 Å². The van der Waals surface area contributed by atoms with E-state index in [-0.39, 0.29) is 11.9 Å². The number of likely N-dealkylation sites (N-methyl/N-ethyl adjacent to an activating group) is 1. The van der Waals surface area contributed by atoms with E-state index in [1.54, 1.807) is 18.7 Å². The Morgan fingerprint density at radius 3 is 2.35 bits per heavy atom. The largest absolute Gasteiger partial charge is 0.371 e. The van der Waals surface area contributed by atoms with Crippen LogP contribution in [0.15, 0.2) is 47.4 Å². The van der Waals surface area contributed by atoms with E-state index in [4.69, 9.17) is 0 Å². The van der Waals surface area contributed by atoms with E-state index in [0.717, 1.165) is 17.9 Å². The summed E-state index contributed by atoms with van der Waals surface area (Å²) in [7, 11) is 2.09. The Morgan fingerprint density at radius 2 is 1.74 bits per heavy atom. The van der Waals surface area contributed by atoms with Gasteiger partial charge in [-0.15, -0.1) is 11.8 Å². The van der Waals surface area contributed by atoms with Crippen LogP contribution in [-0.2, 0) is 4.79 Å².